The Bertz CT molecular complexity index is 763. The fourth-order valence-electron chi connectivity index (χ4n) is 3.02. The molecular weight excluding hydrogens is 334 g/mol. The molecule has 0 radical (unpaired) electrons. The highest BCUT2D eigenvalue weighted by molar-refractivity contribution is 6.39. The van der Waals surface area contributed by atoms with Crippen molar-refractivity contribution in [2.75, 3.05) is 11.5 Å². The number of imide groups is 1. The smallest absolute Gasteiger partial charge is 0.352 e. The molecular formula is C16H16ClN3O4. The number of hydrogen-bond acceptors (Lipinski definition) is 6. The summed E-state index contributed by atoms with van der Waals surface area (Å²) in [4.78, 5) is 36.9. The molecule has 24 heavy (non-hydrogen) atoms. The zero-order chi connectivity index (χ0) is 17.7. The van der Waals surface area contributed by atoms with Crippen molar-refractivity contribution in [2.45, 2.75) is 31.3 Å². The number of anilines is 1. The van der Waals surface area contributed by atoms with Gasteiger partial charge in [0.2, 0.25) is 5.91 Å². The number of hydrogen-bond donors (Lipinski definition) is 0. The molecule has 0 spiro atoms. The van der Waals surface area contributed by atoms with Gasteiger partial charge in [-0.05, 0) is 32.9 Å². The topological polar surface area (TPSA) is 88.4 Å². The quantitative estimate of drug-likeness (QED) is 0.362. The molecule has 1 aromatic carbocycles. The third-order valence-corrected chi connectivity index (χ3v) is 4.75. The molecule has 1 aromatic rings. The lowest BCUT2D eigenvalue weighted by Gasteiger charge is -2.23. The molecule has 2 aliphatic rings. The molecule has 0 aliphatic carbocycles. The molecule has 3 rings (SSSR count). The second kappa shape index (κ2) is 5.37. The van der Waals surface area contributed by atoms with Gasteiger partial charge in [0.15, 0.2) is 5.54 Å². The van der Waals surface area contributed by atoms with Crippen LogP contribution in [0.3, 0.4) is 0 Å². The number of aryl methyl sites for hydroxylation is 1. The summed E-state index contributed by atoms with van der Waals surface area (Å²) >= 11 is 6.29. The zero-order valence-electron chi connectivity index (χ0n) is 13.4. The lowest BCUT2D eigenvalue weighted by atomic mass is 9.84. The van der Waals surface area contributed by atoms with Gasteiger partial charge in [0.1, 0.15) is 5.92 Å². The third-order valence-electron chi connectivity index (χ3n) is 4.31. The number of carbonyl (C=O) groups excluding carboxylic acids is 3. The van der Waals surface area contributed by atoms with Crippen LogP contribution in [0.1, 0.15) is 19.4 Å². The van der Waals surface area contributed by atoms with Crippen LogP contribution in [-0.2, 0) is 19.1 Å². The Morgan fingerprint density at radius 2 is 1.92 bits per heavy atom. The molecule has 0 aromatic heterocycles. The van der Waals surface area contributed by atoms with Crippen molar-refractivity contribution in [1.29, 1.82) is 0 Å². The Balaban J connectivity index is 2.04. The fourth-order valence-corrected chi connectivity index (χ4v) is 3.42. The van der Waals surface area contributed by atoms with Crippen molar-refractivity contribution in [2.24, 2.45) is 16.1 Å². The Hall–Kier alpha value is -2.28. The second-order valence-electron chi connectivity index (χ2n) is 5.99. The molecule has 2 heterocycles. The maximum atomic E-state index is 12.9. The van der Waals surface area contributed by atoms with Crippen molar-refractivity contribution in [3.05, 3.63) is 29.8 Å². The molecule has 2 amide bonds. The van der Waals surface area contributed by atoms with Gasteiger partial charge in [-0.15, -0.1) is 0 Å². The van der Waals surface area contributed by atoms with Gasteiger partial charge in [-0.1, -0.05) is 29.3 Å². The highest BCUT2D eigenvalue weighted by atomic mass is 35.5. The maximum Gasteiger partial charge on any atom is 0.352 e. The first-order chi connectivity index (χ1) is 11.3. The highest BCUT2D eigenvalue weighted by Gasteiger charge is 2.72. The van der Waals surface area contributed by atoms with Gasteiger partial charge < -0.3 is 4.74 Å². The van der Waals surface area contributed by atoms with Gasteiger partial charge >= 0.3 is 5.97 Å². The van der Waals surface area contributed by atoms with E-state index < -0.39 is 34.2 Å². The Kier molecular flexibility index (Phi) is 3.71. The average Bonchev–Trinajstić information content (AvgIpc) is 2.93. The predicted molar refractivity (Wildman–Crippen MR) is 85.6 cm³/mol. The number of ether oxygens (including phenoxy) is 1. The van der Waals surface area contributed by atoms with Crippen LogP contribution in [0.4, 0.5) is 5.69 Å². The summed E-state index contributed by atoms with van der Waals surface area (Å²) < 4.78 is 4.92. The number of rotatable bonds is 3. The molecule has 126 valence electrons. The van der Waals surface area contributed by atoms with Crippen LogP contribution in [-0.4, -0.2) is 34.9 Å². The lowest BCUT2D eigenvalue weighted by molar-refractivity contribution is -0.149. The standard InChI is InChI=1S/C16H16ClN3O4/c1-4-24-14(23)16(17)11-12(21)20(10-7-5-9(2)6-8-10)13(22)15(11,3)18-19-16/h5-8,11H,4H2,1-3H3. The van der Waals surface area contributed by atoms with Crippen LogP contribution in [0.15, 0.2) is 34.5 Å². The van der Waals surface area contributed by atoms with Crippen LogP contribution < -0.4 is 4.90 Å². The van der Waals surface area contributed by atoms with Crippen molar-refractivity contribution >= 4 is 35.1 Å². The monoisotopic (exact) mass is 349 g/mol. The number of benzene rings is 1. The molecule has 3 atom stereocenters. The van der Waals surface area contributed by atoms with Crippen molar-refractivity contribution in [3.63, 3.8) is 0 Å². The number of esters is 1. The number of carbonyl (C=O) groups is 3. The Morgan fingerprint density at radius 1 is 1.29 bits per heavy atom. The molecule has 7 nitrogen and oxygen atoms in total. The van der Waals surface area contributed by atoms with Gasteiger partial charge in [-0.25, -0.2) is 9.69 Å². The van der Waals surface area contributed by atoms with E-state index in [9.17, 15) is 14.4 Å². The van der Waals surface area contributed by atoms with Gasteiger partial charge in [-0.3, -0.25) is 9.59 Å². The molecule has 2 aliphatic heterocycles. The summed E-state index contributed by atoms with van der Waals surface area (Å²) in [5.41, 5.74) is -0.123. The van der Waals surface area contributed by atoms with Gasteiger partial charge in [-0.2, -0.15) is 10.2 Å². The summed E-state index contributed by atoms with van der Waals surface area (Å²) in [6.07, 6.45) is 0. The third kappa shape index (κ3) is 2.07. The van der Waals surface area contributed by atoms with E-state index in [1.54, 1.807) is 31.2 Å². The van der Waals surface area contributed by atoms with E-state index in [1.165, 1.54) is 6.92 Å². The average molecular weight is 350 g/mol. The minimum absolute atomic E-state index is 0.0794. The molecule has 1 saturated heterocycles. The Labute approximate surface area is 143 Å². The van der Waals surface area contributed by atoms with Crippen molar-refractivity contribution in [1.82, 2.24) is 0 Å². The zero-order valence-corrected chi connectivity index (χ0v) is 14.2. The molecule has 3 unspecified atom stereocenters. The molecule has 0 bridgehead atoms. The molecule has 1 fully saturated rings. The summed E-state index contributed by atoms with van der Waals surface area (Å²) in [5, 5.41) is 7.62. The van der Waals surface area contributed by atoms with Crippen LogP contribution in [0.5, 0.6) is 0 Å². The number of azo groups is 1. The van der Waals surface area contributed by atoms with Crippen LogP contribution >= 0.6 is 11.6 Å². The summed E-state index contributed by atoms with van der Waals surface area (Å²) in [7, 11) is 0. The van der Waals surface area contributed by atoms with Crippen LogP contribution in [0, 0.1) is 12.8 Å². The first-order valence-electron chi connectivity index (χ1n) is 7.51. The van der Waals surface area contributed by atoms with Gasteiger partial charge in [0.25, 0.3) is 10.9 Å². The molecule has 0 N–H and O–H groups in total. The second-order valence-corrected chi connectivity index (χ2v) is 6.56. The summed E-state index contributed by atoms with van der Waals surface area (Å²) in [6, 6.07) is 6.89. The molecule has 8 heteroatoms. The number of fused-ring (bicyclic) bond motifs is 1. The van der Waals surface area contributed by atoms with Crippen molar-refractivity contribution in [3.8, 4) is 0 Å². The van der Waals surface area contributed by atoms with E-state index >= 15 is 0 Å². The van der Waals surface area contributed by atoms with Gasteiger partial charge in [0, 0.05) is 0 Å². The van der Waals surface area contributed by atoms with Crippen LogP contribution in [0.2, 0.25) is 0 Å². The van der Waals surface area contributed by atoms with Crippen LogP contribution in [0.25, 0.3) is 0 Å². The van der Waals surface area contributed by atoms with E-state index in [0.29, 0.717) is 5.69 Å². The van der Waals surface area contributed by atoms with Gasteiger partial charge in [0.05, 0.1) is 12.3 Å². The first kappa shape index (κ1) is 16.6. The Morgan fingerprint density at radius 3 is 2.50 bits per heavy atom. The number of halogens is 1. The summed E-state index contributed by atoms with van der Waals surface area (Å²) in [5.74, 6) is -3.29. The minimum atomic E-state index is -2.02. The fraction of sp³-hybridized carbons (Fsp3) is 0.438. The number of nitrogens with zero attached hydrogens (tertiary/aromatic N) is 3. The van der Waals surface area contributed by atoms with Crippen molar-refractivity contribution < 1.29 is 19.1 Å². The lowest BCUT2D eigenvalue weighted by Crippen LogP contribution is -2.47. The van der Waals surface area contributed by atoms with E-state index in [0.717, 1.165) is 10.5 Å². The van der Waals surface area contributed by atoms with E-state index in [2.05, 4.69) is 10.2 Å². The summed E-state index contributed by atoms with van der Waals surface area (Å²) in [6.45, 7) is 5.05. The van der Waals surface area contributed by atoms with E-state index in [4.69, 9.17) is 16.3 Å². The normalized spacial score (nSPS) is 31.5. The largest absolute Gasteiger partial charge is 0.463 e. The minimum Gasteiger partial charge on any atom is -0.463 e. The first-order valence-corrected chi connectivity index (χ1v) is 7.88. The SMILES string of the molecule is CCOC(=O)C1(Cl)N=NC2(C)C(=O)N(c3ccc(C)cc3)C(=O)C21. The van der Waals surface area contributed by atoms with E-state index in [-0.39, 0.29) is 6.61 Å². The number of alkyl halides is 1. The number of amides is 2. The molecule has 0 saturated carbocycles. The maximum absolute atomic E-state index is 12.9. The van der Waals surface area contributed by atoms with E-state index in [1.807, 2.05) is 6.92 Å². The highest BCUT2D eigenvalue weighted by Crippen LogP contribution is 2.51. The predicted octanol–water partition coefficient (Wildman–Crippen LogP) is 2.21.